The molecule has 6 heteroatoms. The molecular formula is C15H13ClN2O3. The highest BCUT2D eigenvalue weighted by Gasteiger charge is 2.11. The van der Waals surface area contributed by atoms with Crippen molar-refractivity contribution >= 4 is 35.2 Å². The molecular weight excluding hydrogens is 292 g/mol. The van der Waals surface area contributed by atoms with Gasteiger partial charge in [0.1, 0.15) is 5.69 Å². The number of hydrogen-bond acceptors (Lipinski definition) is 2. The quantitative estimate of drug-likeness (QED) is 0.853. The summed E-state index contributed by atoms with van der Waals surface area (Å²) in [4.78, 5) is 22.5. The minimum Gasteiger partial charge on any atom is -0.478 e. The predicted octanol–water partition coefficient (Wildman–Crippen LogP) is 3.03. The second kappa shape index (κ2) is 6.28. The first-order valence-electron chi connectivity index (χ1n) is 6.10. The van der Waals surface area contributed by atoms with Gasteiger partial charge in [0.05, 0.1) is 5.02 Å². The molecule has 1 aromatic carbocycles. The van der Waals surface area contributed by atoms with Crippen LogP contribution >= 0.6 is 11.6 Å². The number of nitrogens with zero attached hydrogens (tertiary/aromatic N) is 1. The van der Waals surface area contributed by atoms with Crippen LogP contribution in [-0.4, -0.2) is 21.6 Å². The monoisotopic (exact) mass is 304 g/mol. The molecule has 21 heavy (non-hydrogen) atoms. The van der Waals surface area contributed by atoms with Crippen LogP contribution in [0.5, 0.6) is 0 Å². The summed E-state index contributed by atoms with van der Waals surface area (Å²) in [5.41, 5.74) is 1.80. The van der Waals surface area contributed by atoms with Gasteiger partial charge in [-0.05, 0) is 29.8 Å². The first kappa shape index (κ1) is 14.9. The molecule has 0 radical (unpaired) electrons. The van der Waals surface area contributed by atoms with E-state index in [9.17, 15) is 9.59 Å². The zero-order chi connectivity index (χ0) is 15.4. The molecule has 1 heterocycles. The molecule has 0 aliphatic carbocycles. The van der Waals surface area contributed by atoms with Gasteiger partial charge in [0.25, 0.3) is 5.91 Å². The predicted molar refractivity (Wildman–Crippen MR) is 81.5 cm³/mol. The molecule has 2 aromatic rings. The number of aliphatic carboxylic acids is 1. The van der Waals surface area contributed by atoms with Gasteiger partial charge in [-0.1, -0.05) is 23.7 Å². The van der Waals surface area contributed by atoms with E-state index in [1.165, 1.54) is 6.08 Å². The molecule has 108 valence electrons. The molecule has 0 fully saturated rings. The summed E-state index contributed by atoms with van der Waals surface area (Å²) in [7, 11) is 1.74. The molecule has 0 spiro atoms. The topological polar surface area (TPSA) is 71.3 Å². The Morgan fingerprint density at radius 1 is 1.29 bits per heavy atom. The summed E-state index contributed by atoms with van der Waals surface area (Å²) < 4.78 is 1.64. The molecule has 0 aliphatic rings. The second-order valence-electron chi connectivity index (χ2n) is 4.40. The fraction of sp³-hybridized carbons (Fsp3) is 0.0667. The van der Waals surface area contributed by atoms with Crippen LogP contribution in [0.3, 0.4) is 0 Å². The number of amides is 1. The third kappa shape index (κ3) is 3.97. The maximum absolute atomic E-state index is 12.1. The van der Waals surface area contributed by atoms with Crippen LogP contribution in [0.2, 0.25) is 5.02 Å². The highest BCUT2D eigenvalue weighted by atomic mass is 35.5. The van der Waals surface area contributed by atoms with E-state index < -0.39 is 5.97 Å². The number of hydrogen-bond donors (Lipinski definition) is 2. The SMILES string of the molecule is Cn1cc(Cl)cc1C(=O)Nc1ccc(C=CC(=O)O)cc1. The van der Waals surface area contributed by atoms with Crippen LogP contribution in [0, 0.1) is 0 Å². The van der Waals surface area contributed by atoms with E-state index in [2.05, 4.69) is 5.32 Å². The van der Waals surface area contributed by atoms with Crippen molar-refractivity contribution in [2.24, 2.45) is 7.05 Å². The number of aryl methyl sites for hydroxylation is 1. The van der Waals surface area contributed by atoms with Gasteiger partial charge in [0, 0.05) is 25.0 Å². The van der Waals surface area contributed by atoms with Gasteiger partial charge in [-0.25, -0.2) is 4.79 Å². The van der Waals surface area contributed by atoms with E-state index in [1.807, 2.05) is 0 Å². The van der Waals surface area contributed by atoms with Crippen LogP contribution in [0.1, 0.15) is 16.1 Å². The summed E-state index contributed by atoms with van der Waals surface area (Å²) in [5.74, 6) is -1.27. The molecule has 1 aromatic heterocycles. The largest absolute Gasteiger partial charge is 0.478 e. The number of carbonyl (C=O) groups excluding carboxylic acids is 1. The standard InChI is InChI=1S/C15H13ClN2O3/c1-18-9-11(16)8-13(18)15(21)17-12-5-2-10(3-6-12)4-7-14(19)20/h2-9H,1H3,(H,17,21)(H,19,20). The number of benzene rings is 1. The summed E-state index contributed by atoms with van der Waals surface area (Å²) in [6.07, 6.45) is 4.18. The Morgan fingerprint density at radius 3 is 2.48 bits per heavy atom. The zero-order valence-corrected chi connectivity index (χ0v) is 12.0. The number of rotatable bonds is 4. The van der Waals surface area contributed by atoms with Gasteiger partial charge in [0.15, 0.2) is 0 Å². The Balaban J connectivity index is 2.08. The molecule has 5 nitrogen and oxygen atoms in total. The molecule has 0 saturated carbocycles. The van der Waals surface area contributed by atoms with E-state index in [0.29, 0.717) is 16.4 Å². The average molecular weight is 305 g/mol. The molecule has 1 amide bonds. The van der Waals surface area contributed by atoms with E-state index >= 15 is 0 Å². The summed E-state index contributed by atoms with van der Waals surface area (Å²) in [6.45, 7) is 0. The number of carboxylic acid groups (broad SMARTS) is 1. The Bertz CT molecular complexity index is 702. The van der Waals surface area contributed by atoms with Crippen molar-refractivity contribution in [1.82, 2.24) is 4.57 Å². The van der Waals surface area contributed by atoms with Crippen LogP contribution in [-0.2, 0) is 11.8 Å². The first-order chi connectivity index (χ1) is 9.95. The lowest BCUT2D eigenvalue weighted by atomic mass is 10.2. The van der Waals surface area contributed by atoms with Crippen molar-refractivity contribution in [3.05, 3.63) is 58.9 Å². The van der Waals surface area contributed by atoms with Crippen LogP contribution in [0.15, 0.2) is 42.6 Å². The lowest BCUT2D eigenvalue weighted by Gasteiger charge is -2.06. The van der Waals surface area contributed by atoms with Crippen molar-refractivity contribution in [3.8, 4) is 0 Å². The van der Waals surface area contributed by atoms with Crippen molar-refractivity contribution in [1.29, 1.82) is 0 Å². The van der Waals surface area contributed by atoms with Crippen LogP contribution < -0.4 is 5.32 Å². The number of carbonyl (C=O) groups is 2. The third-order valence-electron chi connectivity index (χ3n) is 2.79. The molecule has 2 N–H and O–H groups in total. The fourth-order valence-corrected chi connectivity index (χ4v) is 2.04. The van der Waals surface area contributed by atoms with Crippen LogP contribution in [0.4, 0.5) is 5.69 Å². The van der Waals surface area contributed by atoms with Crippen molar-refractivity contribution < 1.29 is 14.7 Å². The van der Waals surface area contributed by atoms with Crippen LogP contribution in [0.25, 0.3) is 6.08 Å². The smallest absolute Gasteiger partial charge is 0.328 e. The van der Waals surface area contributed by atoms with E-state index in [1.54, 1.807) is 48.1 Å². The Labute approximate surface area is 126 Å². The van der Waals surface area contributed by atoms with Gasteiger partial charge in [-0.3, -0.25) is 4.79 Å². The van der Waals surface area contributed by atoms with E-state index in [-0.39, 0.29) is 5.91 Å². The number of halogens is 1. The van der Waals surface area contributed by atoms with Crippen molar-refractivity contribution in [2.45, 2.75) is 0 Å². The average Bonchev–Trinajstić information content (AvgIpc) is 2.77. The minimum absolute atomic E-state index is 0.266. The number of anilines is 1. The third-order valence-corrected chi connectivity index (χ3v) is 3.00. The maximum atomic E-state index is 12.1. The van der Waals surface area contributed by atoms with Gasteiger partial charge >= 0.3 is 5.97 Å². The van der Waals surface area contributed by atoms with Crippen molar-refractivity contribution in [3.63, 3.8) is 0 Å². The lowest BCUT2D eigenvalue weighted by molar-refractivity contribution is -0.131. The molecule has 2 rings (SSSR count). The van der Waals surface area contributed by atoms with Gasteiger partial charge in [-0.15, -0.1) is 0 Å². The zero-order valence-electron chi connectivity index (χ0n) is 11.2. The molecule has 0 saturated heterocycles. The molecule has 0 atom stereocenters. The molecule has 0 bridgehead atoms. The maximum Gasteiger partial charge on any atom is 0.328 e. The normalized spacial score (nSPS) is 10.8. The summed E-state index contributed by atoms with van der Waals surface area (Å²) in [5, 5.41) is 11.8. The minimum atomic E-state index is -1.01. The van der Waals surface area contributed by atoms with Gasteiger partial charge in [-0.2, -0.15) is 0 Å². The second-order valence-corrected chi connectivity index (χ2v) is 4.84. The van der Waals surface area contributed by atoms with Gasteiger partial charge < -0.3 is 15.0 Å². The Kier molecular flexibility index (Phi) is 4.45. The lowest BCUT2D eigenvalue weighted by Crippen LogP contribution is -2.15. The summed E-state index contributed by atoms with van der Waals surface area (Å²) >= 11 is 5.84. The Hall–Kier alpha value is -2.53. The first-order valence-corrected chi connectivity index (χ1v) is 6.48. The van der Waals surface area contributed by atoms with Gasteiger partial charge in [0.2, 0.25) is 0 Å². The highest BCUT2D eigenvalue weighted by Crippen LogP contribution is 2.16. The van der Waals surface area contributed by atoms with E-state index in [4.69, 9.17) is 16.7 Å². The molecule has 0 aliphatic heterocycles. The fourth-order valence-electron chi connectivity index (χ4n) is 1.79. The number of carboxylic acids is 1. The number of aromatic nitrogens is 1. The molecule has 0 unspecified atom stereocenters. The highest BCUT2D eigenvalue weighted by molar-refractivity contribution is 6.31. The number of nitrogens with one attached hydrogen (secondary N) is 1. The van der Waals surface area contributed by atoms with E-state index in [0.717, 1.165) is 11.6 Å². The Morgan fingerprint density at radius 2 is 1.95 bits per heavy atom. The summed E-state index contributed by atoms with van der Waals surface area (Å²) in [6, 6.07) is 8.41. The van der Waals surface area contributed by atoms with Crippen molar-refractivity contribution in [2.75, 3.05) is 5.32 Å².